The van der Waals surface area contributed by atoms with E-state index in [1.807, 2.05) is 0 Å². The van der Waals surface area contributed by atoms with Gasteiger partial charge in [0.15, 0.2) is 5.76 Å². The molecule has 0 spiro atoms. The zero-order valence-electron chi connectivity index (χ0n) is 16.1. The first-order valence-corrected chi connectivity index (χ1v) is 9.51. The maximum Gasteiger partial charge on any atom is 0.343 e. The molecule has 3 aromatic carbocycles. The number of nitrogens with zero attached hydrogens (tertiary/aromatic N) is 1. The number of benzene rings is 3. The Labute approximate surface area is 181 Å². The van der Waals surface area contributed by atoms with E-state index >= 15 is 0 Å². The molecule has 1 aliphatic heterocycles. The topological polar surface area (TPSA) is 95.7 Å². The van der Waals surface area contributed by atoms with Gasteiger partial charge in [-0.05, 0) is 66.6 Å². The number of nitro benzene ring substituents is 1. The van der Waals surface area contributed by atoms with E-state index in [-0.39, 0.29) is 28.7 Å². The highest BCUT2D eigenvalue weighted by molar-refractivity contribution is 6.30. The lowest BCUT2D eigenvalue weighted by molar-refractivity contribution is -0.384. The normalized spacial score (nSPS) is 13.6. The van der Waals surface area contributed by atoms with E-state index in [4.69, 9.17) is 21.1 Å². The average Bonchev–Trinajstić information content (AvgIpc) is 3.04. The first kappa shape index (κ1) is 20.3. The second-order valence-corrected chi connectivity index (χ2v) is 7.23. The van der Waals surface area contributed by atoms with Crippen LogP contribution in [0.15, 0.2) is 66.4 Å². The maximum absolute atomic E-state index is 12.8. The van der Waals surface area contributed by atoms with E-state index in [1.54, 1.807) is 37.3 Å². The number of carbonyl (C=O) groups excluding carboxylic acids is 2. The minimum absolute atomic E-state index is 0.0490. The van der Waals surface area contributed by atoms with Crippen molar-refractivity contribution in [3.8, 4) is 11.5 Å². The molecule has 0 fully saturated rings. The molecule has 1 heterocycles. The van der Waals surface area contributed by atoms with E-state index in [9.17, 15) is 19.7 Å². The van der Waals surface area contributed by atoms with E-state index in [0.29, 0.717) is 27.3 Å². The first-order valence-electron chi connectivity index (χ1n) is 9.13. The predicted molar refractivity (Wildman–Crippen MR) is 114 cm³/mol. The number of carbonyl (C=O) groups is 2. The van der Waals surface area contributed by atoms with Gasteiger partial charge >= 0.3 is 5.97 Å². The van der Waals surface area contributed by atoms with E-state index in [1.165, 1.54) is 36.4 Å². The van der Waals surface area contributed by atoms with Crippen molar-refractivity contribution in [2.75, 3.05) is 0 Å². The third-order valence-corrected chi connectivity index (χ3v) is 4.89. The molecule has 0 saturated carbocycles. The van der Waals surface area contributed by atoms with Crippen molar-refractivity contribution in [2.45, 2.75) is 6.92 Å². The number of hydrogen-bond acceptors (Lipinski definition) is 6. The number of fused-ring (bicyclic) bond motifs is 1. The third kappa shape index (κ3) is 4.17. The molecule has 8 heteroatoms. The molecule has 154 valence electrons. The fraction of sp³-hybridized carbons (Fsp3) is 0.0435. The van der Waals surface area contributed by atoms with E-state index < -0.39 is 10.9 Å². The Morgan fingerprint density at radius 2 is 1.77 bits per heavy atom. The summed E-state index contributed by atoms with van der Waals surface area (Å²) in [6, 6.07) is 15.1. The number of ether oxygens (including phenoxy) is 2. The second kappa shape index (κ2) is 8.04. The monoisotopic (exact) mass is 435 g/mol. The molecule has 0 bridgehead atoms. The van der Waals surface area contributed by atoms with Gasteiger partial charge in [-0.1, -0.05) is 11.6 Å². The quantitative estimate of drug-likeness (QED) is 0.179. The van der Waals surface area contributed by atoms with Crippen LogP contribution >= 0.6 is 11.6 Å². The number of ketones is 1. The summed E-state index contributed by atoms with van der Waals surface area (Å²) in [7, 11) is 0. The zero-order chi connectivity index (χ0) is 22.1. The van der Waals surface area contributed by atoms with Gasteiger partial charge in [0.05, 0.1) is 16.1 Å². The van der Waals surface area contributed by atoms with Crippen molar-refractivity contribution in [2.24, 2.45) is 0 Å². The van der Waals surface area contributed by atoms with Crippen LogP contribution in [0.1, 0.15) is 31.8 Å². The van der Waals surface area contributed by atoms with Crippen LogP contribution in [0, 0.1) is 17.0 Å². The fourth-order valence-corrected chi connectivity index (χ4v) is 3.26. The second-order valence-electron chi connectivity index (χ2n) is 6.80. The number of esters is 1. The van der Waals surface area contributed by atoms with E-state index in [2.05, 4.69) is 0 Å². The molecule has 7 nitrogen and oxygen atoms in total. The summed E-state index contributed by atoms with van der Waals surface area (Å²) in [5.74, 6) is -0.297. The Morgan fingerprint density at radius 1 is 1.10 bits per heavy atom. The van der Waals surface area contributed by atoms with Gasteiger partial charge in [0.2, 0.25) is 5.78 Å². The van der Waals surface area contributed by atoms with Crippen molar-refractivity contribution < 1.29 is 24.0 Å². The fourth-order valence-electron chi connectivity index (χ4n) is 3.13. The molecule has 1 aliphatic rings. The van der Waals surface area contributed by atoms with Gasteiger partial charge in [-0.25, -0.2) is 4.79 Å². The molecule has 0 amide bonds. The van der Waals surface area contributed by atoms with Crippen LogP contribution < -0.4 is 9.47 Å². The highest BCUT2D eigenvalue weighted by atomic mass is 35.5. The van der Waals surface area contributed by atoms with Gasteiger partial charge in [-0.3, -0.25) is 14.9 Å². The van der Waals surface area contributed by atoms with Crippen molar-refractivity contribution in [3.63, 3.8) is 0 Å². The number of nitro groups is 1. The van der Waals surface area contributed by atoms with Crippen LogP contribution in [0.5, 0.6) is 11.5 Å². The Kier molecular flexibility index (Phi) is 5.27. The van der Waals surface area contributed by atoms with Gasteiger partial charge in [-0.2, -0.15) is 0 Å². The highest BCUT2D eigenvalue weighted by Gasteiger charge is 2.30. The molecule has 0 aromatic heterocycles. The van der Waals surface area contributed by atoms with Gasteiger partial charge in [0, 0.05) is 23.2 Å². The number of aryl methyl sites for hydroxylation is 1. The number of Topliss-reactive ketones (excluding diaryl/α,β-unsaturated/α-hetero) is 1. The lowest BCUT2D eigenvalue weighted by Gasteiger charge is -2.08. The van der Waals surface area contributed by atoms with Crippen LogP contribution in [0.25, 0.3) is 6.08 Å². The molecular weight excluding hydrogens is 422 g/mol. The van der Waals surface area contributed by atoms with Crippen LogP contribution in [0.3, 0.4) is 0 Å². The number of halogens is 1. The van der Waals surface area contributed by atoms with Gasteiger partial charge in [-0.15, -0.1) is 0 Å². The summed E-state index contributed by atoms with van der Waals surface area (Å²) in [5, 5.41) is 11.3. The molecular formula is C23H14ClNO6. The molecule has 0 aliphatic carbocycles. The Bertz CT molecular complexity index is 1250. The van der Waals surface area contributed by atoms with Crippen molar-refractivity contribution in [3.05, 3.63) is 104 Å². The predicted octanol–water partition coefficient (Wildman–Crippen LogP) is 5.39. The lowest BCUT2D eigenvalue weighted by atomic mass is 10.0. The number of non-ortho nitro benzene ring substituents is 1. The smallest absolute Gasteiger partial charge is 0.343 e. The minimum atomic E-state index is -0.568. The Hall–Kier alpha value is -3.97. The summed E-state index contributed by atoms with van der Waals surface area (Å²) in [6.07, 6.45) is 1.50. The molecule has 0 N–H and O–H groups in total. The highest BCUT2D eigenvalue weighted by Crippen LogP contribution is 2.37. The number of allylic oxidation sites excluding steroid dienone is 1. The molecule has 0 unspecified atom stereocenters. The van der Waals surface area contributed by atoms with Crippen molar-refractivity contribution >= 4 is 35.1 Å². The summed E-state index contributed by atoms with van der Waals surface area (Å²) in [5.41, 5.74) is 1.83. The number of rotatable bonds is 4. The zero-order valence-corrected chi connectivity index (χ0v) is 16.9. The van der Waals surface area contributed by atoms with E-state index in [0.717, 1.165) is 0 Å². The van der Waals surface area contributed by atoms with Crippen LogP contribution in [-0.4, -0.2) is 16.7 Å². The summed E-state index contributed by atoms with van der Waals surface area (Å²) >= 11 is 5.83. The summed E-state index contributed by atoms with van der Waals surface area (Å²) < 4.78 is 11.1. The van der Waals surface area contributed by atoms with Gasteiger partial charge in [0.1, 0.15) is 11.5 Å². The van der Waals surface area contributed by atoms with Crippen LogP contribution in [-0.2, 0) is 0 Å². The van der Waals surface area contributed by atoms with Gasteiger partial charge < -0.3 is 9.47 Å². The Balaban J connectivity index is 1.58. The molecule has 0 saturated heterocycles. The average molecular weight is 436 g/mol. The summed E-state index contributed by atoms with van der Waals surface area (Å²) in [4.78, 5) is 35.4. The minimum Gasteiger partial charge on any atom is -0.452 e. The Morgan fingerprint density at radius 3 is 2.42 bits per heavy atom. The summed E-state index contributed by atoms with van der Waals surface area (Å²) in [6.45, 7) is 1.72. The first-order chi connectivity index (χ1) is 14.8. The SMILES string of the molecule is Cc1cc(OC(=O)c2ccc(Cl)cc2)cc2c1C(=O)/C(=C/c1ccc([N+](=O)[O-])cc1)O2. The largest absolute Gasteiger partial charge is 0.452 e. The lowest BCUT2D eigenvalue weighted by Crippen LogP contribution is -2.08. The molecule has 31 heavy (non-hydrogen) atoms. The number of hydrogen-bond donors (Lipinski definition) is 0. The standard InChI is InChI=1S/C23H14ClNO6/c1-13-10-18(30-23(27)15-4-6-16(24)7-5-15)12-19-21(13)22(26)20(31-19)11-14-2-8-17(9-3-14)25(28)29/h2-12H,1H3/b20-11-. The van der Waals surface area contributed by atoms with Crippen molar-refractivity contribution in [1.82, 2.24) is 0 Å². The molecule has 3 aromatic rings. The van der Waals surface area contributed by atoms with Crippen LogP contribution in [0.2, 0.25) is 5.02 Å². The molecule has 0 radical (unpaired) electrons. The molecule has 4 rings (SSSR count). The third-order valence-electron chi connectivity index (χ3n) is 4.64. The molecule has 0 atom stereocenters. The van der Waals surface area contributed by atoms with Crippen molar-refractivity contribution in [1.29, 1.82) is 0 Å². The maximum atomic E-state index is 12.8. The van der Waals surface area contributed by atoms with Crippen LogP contribution in [0.4, 0.5) is 5.69 Å². The van der Waals surface area contributed by atoms with Gasteiger partial charge in [0.25, 0.3) is 5.69 Å².